The molecular weight excluding hydrogens is 348 g/mol. The van der Waals surface area contributed by atoms with Gasteiger partial charge in [0, 0.05) is 11.8 Å². The highest BCUT2D eigenvalue weighted by Crippen LogP contribution is 2.33. The molecule has 1 saturated heterocycles. The van der Waals surface area contributed by atoms with Crippen LogP contribution in [0.25, 0.3) is 11.0 Å². The van der Waals surface area contributed by atoms with Crippen LogP contribution in [-0.4, -0.2) is 27.0 Å². The second-order valence-electron chi connectivity index (χ2n) is 6.80. The van der Waals surface area contributed by atoms with Crippen LogP contribution in [0, 0.1) is 0 Å². The molecule has 3 aromatic rings. The lowest BCUT2D eigenvalue weighted by molar-refractivity contribution is -0.132. The number of nitrogens with one attached hydrogen (secondary N) is 1. The van der Waals surface area contributed by atoms with E-state index in [-0.39, 0.29) is 12.4 Å². The number of unbranched alkanes of at least 4 members (excludes halogenated alkanes) is 1. The summed E-state index contributed by atoms with van der Waals surface area (Å²) >= 11 is 0. The molecule has 0 radical (unpaired) electrons. The average Bonchev–Trinajstić information content (AvgIpc) is 3.34. The van der Waals surface area contributed by atoms with E-state index in [9.17, 15) is 9.59 Å². The normalized spacial score (nSPS) is 19.9. The molecule has 4 rings (SSSR count). The number of carbonyl (C=O) groups is 2. The number of hydrogen-bond donors (Lipinski definition) is 1. The molecule has 1 aliphatic rings. The number of carbonyl (C=O) groups excluding carboxylic acids is 2. The van der Waals surface area contributed by atoms with Crippen molar-refractivity contribution in [1.29, 1.82) is 0 Å². The molecule has 1 fully saturated rings. The van der Waals surface area contributed by atoms with E-state index in [1.54, 1.807) is 13.0 Å². The molecule has 1 aromatic carbocycles. The minimum atomic E-state index is -1.28. The van der Waals surface area contributed by atoms with Crippen molar-refractivity contribution in [3.05, 3.63) is 47.8 Å². The van der Waals surface area contributed by atoms with Gasteiger partial charge in [0.2, 0.25) is 5.89 Å². The number of rotatable bonds is 6. The summed E-state index contributed by atoms with van der Waals surface area (Å²) in [4.78, 5) is 30.8. The molecule has 2 aromatic heterocycles. The number of aryl methyl sites for hydroxylation is 1. The van der Waals surface area contributed by atoms with E-state index in [4.69, 9.17) is 8.94 Å². The summed E-state index contributed by atoms with van der Waals surface area (Å²) in [5, 5.41) is 7.48. The second-order valence-corrected chi connectivity index (χ2v) is 6.80. The first-order valence-corrected chi connectivity index (χ1v) is 8.96. The molecule has 140 valence electrons. The van der Waals surface area contributed by atoms with Gasteiger partial charge in [0.15, 0.2) is 11.4 Å². The fourth-order valence-corrected chi connectivity index (χ4v) is 3.16. The smallest absolute Gasteiger partial charge is 0.325 e. The van der Waals surface area contributed by atoms with Crippen molar-refractivity contribution >= 4 is 22.9 Å². The predicted octanol–water partition coefficient (Wildman–Crippen LogP) is 3.13. The molecular formula is C19H20N4O4. The van der Waals surface area contributed by atoms with E-state index in [2.05, 4.69) is 22.4 Å². The lowest BCUT2D eigenvalue weighted by Crippen LogP contribution is -2.40. The van der Waals surface area contributed by atoms with Gasteiger partial charge >= 0.3 is 6.03 Å². The Morgan fingerprint density at radius 2 is 2.07 bits per heavy atom. The summed E-state index contributed by atoms with van der Waals surface area (Å²) < 4.78 is 11.0. The van der Waals surface area contributed by atoms with Gasteiger partial charge in [-0.05, 0) is 25.5 Å². The van der Waals surface area contributed by atoms with Crippen molar-refractivity contribution in [2.75, 3.05) is 0 Å². The minimum Gasteiger partial charge on any atom is -0.458 e. The third kappa shape index (κ3) is 2.97. The van der Waals surface area contributed by atoms with Crippen LogP contribution >= 0.6 is 0 Å². The number of furan rings is 1. The Morgan fingerprint density at radius 3 is 2.85 bits per heavy atom. The van der Waals surface area contributed by atoms with Gasteiger partial charge in [-0.15, -0.1) is 0 Å². The summed E-state index contributed by atoms with van der Waals surface area (Å²) in [7, 11) is 0. The van der Waals surface area contributed by atoms with E-state index >= 15 is 0 Å². The first-order chi connectivity index (χ1) is 13.0. The van der Waals surface area contributed by atoms with Gasteiger partial charge in [0.05, 0.1) is 0 Å². The van der Waals surface area contributed by atoms with E-state index < -0.39 is 17.5 Å². The number of fused-ring (bicyclic) bond motifs is 1. The molecule has 3 amide bonds. The van der Waals surface area contributed by atoms with Crippen LogP contribution in [0.3, 0.4) is 0 Å². The number of aromatic nitrogens is 2. The summed E-state index contributed by atoms with van der Waals surface area (Å²) in [6.07, 6.45) is 2.68. The standard InChI is InChI=1S/C19H20N4O4/c1-3-4-9-15-20-16(27-22-15)11-23-17(24)19(2,21-18(23)25)14-10-12-7-5-6-8-13(12)26-14/h5-8,10H,3-4,9,11H2,1-2H3,(H,21,25)/t19-/m0/s1. The minimum absolute atomic E-state index is 0.0698. The van der Waals surface area contributed by atoms with Gasteiger partial charge in [-0.1, -0.05) is 36.7 Å². The lowest BCUT2D eigenvalue weighted by atomic mass is 9.99. The highest BCUT2D eigenvalue weighted by Gasteiger charge is 2.51. The zero-order valence-corrected chi connectivity index (χ0v) is 15.2. The van der Waals surface area contributed by atoms with E-state index in [1.165, 1.54) is 0 Å². The third-order valence-electron chi connectivity index (χ3n) is 4.75. The number of urea groups is 1. The highest BCUT2D eigenvalue weighted by molar-refractivity contribution is 6.07. The second kappa shape index (κ2) is 6.53. The fraction of sp³-hybridized carbons (Fsp3) is 0.368. The molecule has 1 aliphatic heterocycles. The predicted molar refractivity (Wildman–Crippen MR) is 95.6 cm³/mol. The number of hydrogen-bond acceptors (Lipinski definition) is 6. The van der Waals surface area contributed by atoms with Crippen LogP contribution in [0.5, 0.6) is 0 Å². The van der Waals surface area contributed by atoms with Crippen LogP contribution in [0.4, 0.5) is 4.79 Å². The van der Waals surface area contributed by atoms with E-state index in [0.29, 0.717) is 23.6 Å². The monoisotopic (exact) mass is 368 g/mol. The molecule has 8 heteroatoms. The Hall–Kier alpha value is -3.16. The van der Waals surface area contributed by atoms with Crippen molar-refractivity contribution < 1.29 is 18.5 Å². The maximum Gasteiger partial charge on any atom is 0.325 e. The zero-order chi connectivity index (χ0) is 19.0. The lowest BCUT2D eigenvalue weighted by Gasteiger charge is -2.18. The van der Waals surface area contributed by atoms with Crippen molar-refractivity contribution in [3.63, 3.8) is 0 Å². The first kappa shape index (κ1) is 17.3. The highest BCUT2D eigenvalue weighted by atomic mass is 16.5. The molecule has 0 aliphatic carbocycles. The number of imide groups is 1. The van der Waals surface area contributed by atoms with Crippen molar-refractivity contribution in [2.45, 2.75) is 45.2 Å². The fourth-order valence-electron chi connectivity index (χ4n) is 3.16. The van der Waals surface area contributed by atoms with Crippen molar-refractivity contribution in [3.8, 4) is 0 Å². The topological polar surface area (TPSA) is 101 Å². The largest absolute Gasteiger partial charge is 0.458 e. The Balaban J connectivity index is 1.56. The molecule has 0 saturated carbocycles. The molecule has 3 heterocycles. The number of para-hydroxylation sites is 1. The van der Waals surface area contributed by atoms with Gasteiger partial charge in [-0.25, -0.2) is 4.79 Å². The zero-order valence-electron chi connectivity index (χ0n) is 15.2. The summed E-state index contributed by atoms with van der Waals surface area (Å²) in [6.45, 7) is 3.64. The molecule has 1 atom stereocenters. The first-order valence-electron chi connectivity index (χ1n) is 8.96. The van der Waals surface area contributed by atoms with Crippen molar-refractivity contribution in [1.82, 2.24) is 20.4 Å². The van der Waals surface area contributed by atoms with Crippen LogP contribution in [0.1, 0.15) is 44.2 Å². The van der Waals surface area contributed by atoms with Crippen LogP contribution in [0.2, 0.25) is 0 Å². The number of benzene rings is 1. The van der Waals surface area contributed by atoms with Crippen LogP contribution < -0.4 is 5.32 Å². The van der Waals surface area contributed by atoms with Gasteiger partial charge in [0.25, 0.3) is 5.91 Å². The summed E-state index contributed by atoms with van der Waals surface area (Å²) in [5.74, 6) is 0.788. The third-order valence-corrected chi connectivity index (χ3v) is 4.75. The van der Waals surface area contributed by atoms with Gasteiger partial charge in [0.1, 0.15) is 17.9 Å². The SMILES string of the molecule is CCCCc1noc(CN2C(=O)N[C@@](C)(c3cc4ccccc4o3)C2=O)n1. The van der Waals surface area contributed by atoms with Gasteiger partial charge in [-0.3, -0.25) is 9.69 Å². The van der Waals surface area contributed by atoms with Gasteiger partial charge < -0.3 is 14.3 Å². The van der Waals surface area contributed by atoms with Crippen LogP contribution in [0.15, 0.2) is 39.3 Å². The molecule has 8 nitrogen and oxygen atoms in total. The average molecular weight is 368 g/mol. The Labute approximate surface area is 155 Å². The Kier molecular flexibility index (Phi) is 4.18. The summed E-state index contributed by atoms with van der Waals surface area (Å²) in [6, 6.07) is 8.70. The maximum atomic E-state index is 13.0. The quantitative estimate of drug-likeness (QED) is 0.671. The van der Waals surface area contributed by atoms with E-state index in [0.717, 1.165) is 23.1 Å². The molecule has 27 heavy (non-hydrogen) atoms. The number of nitrogens with zero attached hydrogens (tertiary/aromatic N) is 3. The molecule has 1 N–H and O–H groups in total. The summed E-state index contributed by atoms with van der Waals surface area (Å²) in [5.41, 5.74) is -0.618. The Morgan fingerprint density at radius 1 is 1.26 bits per heavy atom. The van der Waals surface area contributed by atoms with Crippen molar-refractivity contribution in [2.24, 2.45) is 0 Å². The number of amides is 3. The molecule has 0 unspecified atom stereocenters. The maximum absolute atomic E-state index is 13.0. The van der Waals surface area contributed by atoms with Gasteiger partial charge in [-0.2, -0.15) is 4.98 Å². The Bertz CT molecular complexity index is 975. The van der Waals surface area contributed by atoms with E-state index in [1.807, 2.05) is 24.3 Å². The molecule has 0 bridgehead atoms. The van der Waals surface area contributed by atoms with Crippen LogP contribution in [-0.2, 0) is 23.3 Å². The molecule has 0 spiro atoms.